The fourth-order valence-electron chi connectivity index (χ4n) is 2.58. The molecule has 2 saturated heterocycles. The summed E-state index contributed by atoms with van der Waals surface area (Å²) in [7, 11) is 1.50. The molecule has 0 saturated carbocycles. The zero-order chi connectivity index (χ0) is 11.6. The highest BCUT2D eigenvalue weighted by Crippen LogP contribution is 2.35. The van der Waals surface area contributed by atoms with Crippen molar-refractivity contribution in [2.75, 3.05) is 33.4 Å². The first kappa shape index (κ1) is 11.8. The molecule has 92 valence electrons. The molecule has 1 N–H and O–H groups in total. The lowest BCUT2D eigenvalue weighted by Crippen LogP contribution is -2.57. The van der Waals surface area contributed by atoms with Crippen LogP contribution in [-0.2, 0) is 14.3 Å². The van der Waals surface area contributed by atoms with Crippen molar-refractivity contribution in [3.8, 4) is 0 Å². The van der Waals surface area contributed by atoms with Gasteiger partial charge in [-0.1, -0.05) is 0 Å². The van der Waals surface area contributed by atoms with Crippen LogP contribution < -0.4 is 0 Å². The predicted octanol–water partition coefficient (Wildman–Crippen LogP) is -0.225. The number of likely N-dealkylation sites (tertiary alicyclic amines) is 1. The van der Waals surface area contributed by atoms with Gasteiger partial charge in [0.15, 0.2) is 0 Å². The van der Waals surface area contributed by atoms with Crippen LogP contribution in [0.3, 0.4) is 0 Å². The van der Waals surface area contributed by atoms with Crippen molar-refractivity contribution in [3.05, 3.63) is 0 Å². The lowest BCUT2D eigenvalue weighted by atomic mass is 9.86. The van der Waals surface area contributed by atoms with Gasteiger partial charge in [-0.25, -0.2) is 0 Å². The van der Waals surface area contributed by atoms with E-state index < -0.39 is 6.10 Å². The normalized spacial score (nSPS) is 34.6. The molecular formula is C11H19NO4. The number of aliphatic hydroxyl groups excluding tert-OH is 1. The second kappa shape index (κ2) is 4.69. The van der Waals surface area contributed by atoms with E-state index >= 15 is 0 Å². The van der Waals surface area contributed by atoms with E-state index in [9.17, 15) is 9.90 Å². The lowest BCUT2D eigenvalue weighted by Gasteiger charge is -2.42. The highest BCUT2D eigenvalue weighted by molar-refractivity contribution is 5.77. The highest BCUT2D eigenvalue weighted by Gasteiger charge is 2.46. The van der Waals surface area contributed by atoms with Crippen molar-refractivity contribution in [2.24, 2.45) is 0 Å². The molecule has 0 aromatic heterocycles. The standard InChI is InChI=1S/C11H19NO4/c1-15-8-10(14)12-5-4-11(9(13)7-12)3-2-6-16-11/h9,13H,2-8H2,1H3/t9-,11-/m0/s1. The number of rotatable bonds is 2. The van der Waals surface area contributed by atoms with E-state index in [1.54, 1.807) is 4.90 Å². The molecule has 16 heavy (non-hydrogen) atoms. The summed E-state index contributed by atoms with van der Waals surface area (Å²) in [6.07, 6.45) is 2.07. The van der Waals surface area contributed by atoms with E-state index in [1.165, 1.54) is 7.11 Å². The summed E-state index contributed by atoms with van der Waals surface area (Å²) >= 11 is 0. The minimum atomic E-state index is -0.565. The molecule has 0 bridgehead atoms. The van der Waals surface area contributed by atoms with Crippen LogP contribution >= 0.6 is 0 Å². The Bertz CT molecular complexity index is 263. The Balaban J connectivity index is 1.94. The molecule has 2 fully saturated rings. The summed E-state index contributed by atoms with van der Waals surface area (Å²) < 4.78 is 10.5. The van der Waals surface area contributed by atoms with Gasteiger partial charge in [-0.15, -0.1) is 0 Å². The molecule has 0 unspecified atom stereocenters. The van der Waals surface area contributed by atoms with Gasteiger partial charge in [-0.05, 0) is 19.3 Å². The first-order valence-corrected chi connectivity index (χ1v) is 5.77. The zero-order valence-corrected chi connectivity index (χ0v) is 9.65. The van der Waals surface area contributed by atoms with Crippen LogP contribution in [0.2, 0.25) is 0 Å². The van der Waals surface area contributed by atoms with Crippen molar-refractivity contribution in [3.63, 3.8) is 0 Å². The third kappa shape index (κ3) is 2.07. The molecular weight excluding hydrogens is 210 g/mol. The molecule has 0 aromatic rings. The largest absolute Gasteiger partial charge is 0.388 e. The monoisotopic (exact) mass is 229 g/mol. The van der Waals surface area contributed by atoms with E-state index in [0.717, 1.165) is 25.9 Å². The van der Waals surface area contributed by atoms with Crippen molar-refractivity contribution < 1.29 is 19.4 Å². The average Bonchev–Trinajstić information content (AvgIpc) is 2.72. The van der Waals surface area contributed by atoms with Crippen molar-refractivity contribution >= 4 is 5.91 Å². The Morgan fingerprint density at radius 3 is 3.00 bits per heavy atom. The lowest BCUT2D eigenvalue weighted by molar-refractivity contribution is -0.155. The summed E-state index contributed by atoms with van der Waals surface area (Å²) in [6.45, 7) is 1.82. The maximum absolute atomic E-state index is 11.6. The molecule has 5 heteroatoms. The Morgan fingerprint density at radius 2 is 2.44 bits per heavy atom. The van der Waals surface area contributed by atoms with Crippen LogP contribution in [0.15, 0.2) is 0 Å². The number of carbonyl (C=O) groups is 1. The van der Waals surface area contributed by atoms with E-state index in [1.807, 2.05) is 0 Å². The van der Waals surface area contributed by atoms with Crippen LogP contribution in [0.5, 0.6) is 0 Å². The molecule has 0 aliphatic carbocycles. The van der Waals surface area contributed by atoms with Gasteiger partial charge < -0.3 is 19.5 Å². The second-order valence-electron chi connectivity index (χ2n) is 4.56. The number of methoxy groups -OCH3 is 1. The minimum Gasteiger partial charge on any atom is -0.388 e. The summed E-state index contributed by atoms with van der Waals surface area (Å²) in [5, 5.41) is 10.1. The topological polar surface area (TPSA) is 59.0 Å². The van der Waals surface area contributed by atoms with Crippen molar-refractivity contribution in [2.45, 2.75) is 31.0 Å². The van der Waals surface area contributed by atoms with Gasteiger partial charge in [0, 0.05) is 26.8 Å². The average molecular weight is 229 g/mol. The Kier molecular flexibility index (Phi) is 3.47. The van der Waals surface area contributed by atoms with Crippen LogP contribution in [0.1, 0.15) is 19.3 Å². The van der Waals surface area contributed by atoms with E-state index in [-0.39, 0.29) is 18.1 Å². The molecule has 1 amide bonds. The summed E-state index contributed by atoms with van der Waals surface area (Å²) in [5.41, 5.74) is -0.385. The Labute approximate surface area is 95.3 Å². The molecule has 1 spiro atoms. The quantitative estimate of drug-likeness (QED) is 0.711. The zero-order valence-electron chi connectivity index (χ0n) is 9.65. The fourth-order valence-corrected chi connectivity index (χ4v) is 2.58. The highest BCUT2D eigenvalue weighted by atomic mass is 16.5. The van der Waals surface area contributed by atoms with Crippen LogP contribution in [0.4, 0.5) is 0 Å². The van der Waals surface area contributed by atoms with Gasteiger partial charge in [-0.2, -0.15) is 0 Å². The number of hydrogen-bond acceptors (Lipinski definition) is 4. The Hall–Kier alpha value is -0.650. The number of piperidine rings is 1. The number of hydrogen-bond donors (Lipinski definition) is 1. The second-order valence-corrected chi connectivity index (χ2v) is 4.56. The van der Waals surface area contributed by atoms with Crippen LogP contribution in [0, 0.1) is 0 Å². The van der Waals surface area contributed by atoms with Gasteiger partial charge in [0.25, 0.3) is 0 Å². The van der Waals surface area contributed by atoms with Gasteiger partial charge in [0.2, 0.25) is 5.91 Å². The number of ether oxygens (including phenoxy) is 2. The molecule has 5 nitrogen and oxygen atoms in total. The Morgan fingerprint density at radius 1 is 1.62 bits per heavy atom. The van der Waals surface area contributed by atoms with E-state index in [0.29, 0.717) is 13.1 Å². The SMILES string of the molecule is COCC(=O)N1CC[C@@]2(CCCO2)[C@@H](O)C1. The molecule has 2 aliphatic heterocycles. The minimum absolute atomic E-state index is 0.0607. The van der Waals surface area contributed by atoms with Gasteiger partial charge in [-0.3, -0.25) is 4.79 Å². The van der Waals surface area contributed by atoms with Gasteiger partial charge >= 0.3 is 0 Å². The van der Waals surface area contributed by atoms with Crippen LogP contribution in [-0.4, -0.2) is 61.0 Å². The predicted molar refractivity (Wildman–Crippen MR) is 57.0 cm³/mol. The van der Waals surface area contributed by atoms with Crippen LogP contribution in [0.25, 0.3) is 0 Å². The number of nitrogens with zero attached hydrogens (tertiary/aromatic N) is 1. The third-order valence-corrected chi connectivity index (χ3v) is 3.56. The maximum Gasteiger partial charge on any atom is 0.248 e. The van der Waals surface area contributed by atoms with Crippen molar-refractivity contribution in [1.29, 1.82) is 0 Å². The smallest absolute Gasteiger partial charge is 0.248 e. The molecule has 2 rings (SSSR count). The number of β-amino-alcohol motifs (C(OH)–C–C–N with tert-alkyl or cyclic N) is 1. The molecule has 0 radical (unpaired) electrons. The van der Waals surface area contributed by atoms with Crippen molar-refractivity contribution in [1.82, 2.24) is 4.90 Å². The number of aliphatic hydroxyl groups is 1. The first-order chi connectivity index (χ1) is 7.68. The fraction of sp³-hybridized carbons (Fsp3) is 0.909. The van der Waals surface area contributed by atoms with Gasteiger partial charge in [0.1, 0.15) is 12.7 Å². The molecule has 2 atom stereocenters. The number of carbonyl (C=O) groups excluding carboxylic acids is 1. The summed E-state index contributed by atoms with van der Waals surface area (Å²) in [4.78, 5) is 13.2. The third-order valence-electron chi connectivity index (χ3n) is 3.56. The van der Waals surface area contributed by atoms with Gasteiger partial charge in [0.05, 0.1) is 5.60 Å². The van der Waals surface area contributed by atoms with E-state index in [2.05, 4.69) is 0 Å². The number of amides is 1. The molecule has 2 heterocycles. The van der Waals surface area contributed by atoms with E-state index in [4.69, 9.17) is 9.47 Å². The summed E-state index contributed by atoms with van der Waals surface area (Å²) in [6, 6.07) is 0. The maximum atomic E-state index is 11.6. The molecule has 0 aromatic carbocycles. The molecule has 2 aliphatic rings. The first-order valence-electron chi connectivity index (χ1n) is 5.77. The summed E-state index contributed by atoms with van der Waals surface area (Å²) in [5.74, 6) is -0.0607.